The van der Waals surface area contributed by atoms with E-state index in [4.69, 9.17) is 22.1 Å². The molecular formula is C16H19ClN6O3. The lowest BCUT2D eigenvalue weighted by molar-refractivity contribution is -0.383. The van der Waals surface area contributed by atoms with Gasteiger partial charge in [0.2, 0.25) is 17.6 Å². The molecule has 0 bridgehead atoms. The van der Waals surface area contributed by atoms with E-state index >= 15 is 0 Å². The third-order valence-electron chi connectivity index (χ3n) is 3.98. The Kier molecular flexibility index (Phi) is 5.69. The lowest BCUT2D eigenvalue weighted by Gasteiger charge is -2.13. The number of nitrogens with zero attached hydrogens (tertiary/aromatic N) is 3. The molecule has 4 N–H and O–H groups in total. The summed E-state index contributed by atoms with van der Waals surface area (Å²) in [5, 5.41) is 17.9. The predicted molar refractivity (Wildman–Crippen MR) is 99.3 cm³/mol. The maximum absolute atomic E-state index is 11.3. The Balaban J connectivity index is 1.74. The minimum atomic E-state index is -0.587. The van der Waals surface area contributed by atoms with E-state index < -0.39 is 4.92 Å². The number of aromatic nitrogens is 2. The quantitative estimate of drug-likeness (QED) is 0.495. The van der Waals surface area contributed by atoms with Gasteiger partial charge in [-0.3, -0.25) is 10.1 Å². The second-order valence-electron chi connectivity index (χ2n) is 5.88. The molecule has 1 aromatic heterocycles. The van der Waals surface area contributed by atoms with Gasteiger partial charge in [-0.05, 0) is 30.5 Å². The van der Waals surface area contributed by atoms with Crippen LogP contribution in [0.3, 0.4) is 0 Å². The summed E-state index contributed by atoms with van der Waals surface area (Å²) in [6.07, 6.45) is 1.90. The fourth-order valence-electron chi connectivity index (χ4n) is 2.65. The zero-order valence-electron chi connectivity index (χ0n) is 13.9. The van der Waals surface area contributed by atoms with Gasteiger partial charge in [0.05, 0.1) is 11.0 Å². The fourth-order valence-corrected chi connectivity index (χ4v) is 2.78. The average Bonchev–Trinajstić information content (AvgIpc) is 3.12. The Hall–Kier alpha value is -2.65. The van der Waals surface area contributed by atoms with Crippen LogP contribution < -0.4 is 16.4 Å². The maximum atomic E-state index is 11.3. The molecule has 1 aliphatic rings. The highest BCUT2D eigenvalue weighted by molar-refractivity contribution is 6.30. The van der Waals surface area contributed by atoms with Crippen molar-refractivity contribution in [2.45, 2.75) is 25.5 Å². The van der Waals surface area contributed by atoms with Crippen LogP contribution in [0.2, 0.25) is 5.02 Å². The van der Waals surface area contributed by atoms with E-state index in [2.05, 4.69) is 20.6 Å². The lowest BCUT2D eigenvalue weighted by atomic mass is 10.2. The van der Waals surface area contributed by atoms with Gasteiger partial charge in [0.1, 0.15) is 0 Å². The van der Waals surface area contributed by atoms with Gasteiger partial charge in [-0.25, -0.2) is 0 Å². The summed E-state index contributed by atoms with van der Waals surface area (Å²) in [6.45, 7) is 1.56. The van der Waals surface area contributed by atoms with E-state index in [1.165, 1.54) is 0 Å². The Bertz CT molecular complexity index is 780. The van der Waals surface area contributed by atoms with Gasteiger partial charge in [0.15, 0.2) is 0 Å². The van der Waals surface area contributed by atoms with Crippen LogP contribution in [-0.2, 0) is 11.3 Å². The van der Waals surface area contributed by atoms with E-state index in [1.807, 2.05) is 12.1 Å². The second kappa shape index (κ2) is 8.15. The van der Waals surface area contributed by atoms with E-state index in [0.717, 1.165) is 18.4 Å². The van der Waals surface area contributed by atoms with Crippen molar-refractivity contribution >= 4 is 34.9 Å². The molecule has 0 radical (unpaired) electrons. The number of nitro groups is 1. The van der Waals surface area contributed by atoms with Gasteiger partial charge >= 0.3 is 5.69 Å². The van der Waals surface area contributed by atoms with Gasteiger partial charge < -0.3 is 21.1 Å². The standard InChI is InChI=1S/C16H19ClN6O3/c17-11-5-3-10(4-6-11)8-20-16-21-14(18)13(23(24)25)15(22-16)19-9-12-2-1-7-26-12/h3-6,12H,1-2,7-9H2,(H4,18,19,20,21,22)/t12-/m1/s1. The normalized spacial score (nSPS) is 16.4. The molecule has 2 aromatic rings. The molecule has 2 heterocycles. The maximum Gasteiger partial charge on any atom is 0.353 e. The third kappa shape index (κ3) is 4.50. The molecule has 0 saturated carbocycles. The average molecular weight is 379 g/mol. The number of anilines is 3. The second-order valence-corrected chi connectivity index (χ2v) is 6.32. The van der Waals surface area contributed by atoms with E-state index in [0.29, 0.717) is 24.7 Å². The van der Waals surface area contributed by atoms with Crippen molar-refractivity contribution in [3.8, 4) is 0 Å². The third-order valence-corrected chi connectivity index (χ3v) is 4.23. The van der Waals surface area contributed by atoms with Crippen LogP contribution in [-0.4, -0.2) is 34.1 Å². The van der Waals surface area contributed by atoms with E-state index in [-0.39, 0.29) is 29.4 Å². The van der Waals surface area contributed by atoms with Crippen LogP contribution in [0.15, 0.2) is 24.3 Å². The first-order chi connectivity index (χ1) is 12.5. The number of nitrogen functional groups attached to an aromatic ring is 1. The van der Waals surface area contributed by atoms with Crippen molar-refractivity contribution in [2.75, 3.05) is 29.5 Å². The van der Waals surface area contributed by atoms with Crippen LogP contribution in [0.5, 0.6) is 0 Å². The number of halogens is 1. The SMILES string of the molecule is Nc1nc(NCc2ccc(Cl)cc2)nc(NC[C@H]2CCCO2)c1[N+](=O)[O-]. The van der Waals surface area contributed by atoms with Gasteiger partial charge in [-0.1, -0.05) is 23.7 Å². The molecule has 1 aliphatic heterocycles. The highest BCUT2D eigenvalue weighted by Gasteiger charge is 2.24. The smallest absolute Gasteiger partial charge is 0.353 e. The molecule has 138 valence electrons. The number of nitrogens with two attached hydrogens (primary N) is 1. The van der Waals surface area contributed by atoms with Crippen molar-refractivity contribution in [3.05, 3.63) is 45.0 Å². The number of hydrogen-bond donors (Lipinski definition) is 3. The summed E-state index contributed by atoms with van der Waals surface area (Å²) in [7, 11) is 0. The Morgan fingerprint density at radius 2 is 2.08 bits per heavy atom. The van der Waals surface area contributed by atoms with Crippen molar-refractivity contribution < 1.29 is 9.66 Å². The Labute approximate surface area is 155 Å². The van der Waals surface area contributed by atoms with Gasteiger partial charge in [0, 0.05) is 24.7 Å². The van der Waals surface area contributed by atoms with E-state index in [1.54, 1.807) is 12.1 Å². The van der Waals surface area contributed by atoms with Gasteiger partial charge in [-0.2, -0.15) is 9.97 Å². The number of benzene rings is 1. The molecule has 0 aliphatic carbocycles. The monoisotopic (exact) mass is 378 g/mol. The highest BCUT2D eigenvalue weighted by atomic mass is 35.5. The van der Waals surface area contributed by atoms with Gasteiger partial charge in [0.25, 0.3) is 0 Å². The Morgan fingerprint density at radius 1 is 1.31 bits per heavy atom. The van der Waals surface area contributed by atoms with Crippen LogP contribution >= 0.6 is 11.6 Å². The molecule has 1 saturated heterocycles. The summed E-state index contributed by atoms with van der Waals surface area (Å²) in [5.41, 5.74) is 6.40. The molecular weight excluding hydrogens is 360 g/mol. The number of ether oxygens (including phenoxy) is 1. The van der Waals surface area contributed by atoms with Crippen molar-refractivity contribution in [2.24, 2.45) is 0 Å². The topological polar surface area (TPSA) is 128 Å². The van der Waals surface area contributed by atoms with E-state index in [9.17, 15) is 10.1 Å². The first kappa shape index (κ1) is 18.2. The summed E-state index contributed by atoms with van der Waals surface area (Å²) in [4.78, 5) is 18.9. The summed E-state index contributed by atoms with van der Waals surface area (Å²) >= 11 is 5.86. The molecule has 1 aromatic carbocycles. The van der Waals surface area contributed by atoms with Crippen molar-refractivity contribution in [3.63, 3.8) is 0 Å². The minimum Gasteiger partial charge on any atom is -0.378 e. The molecule has 0 spiro atoms. The lowest BCUT2D eigenvalue weighted by Crippen LogP contribution is -2.20. The molecule has 26 heavy (non-hydrogen) atoms. The van der Waals surface area contributed by atoms with Crippen LogP contribution in [0.4, 0.5) is 23.3 Å². The molecule has 3 rings (SSSR count). The number of hydrogen-bond acceptors (Lipinski definition) is 8. The van der Waals surface area contributed by atoms with Crippen molar-refractivity contribution in [1.29, 1.82) is 0 Å². The zero-order valence-corrected chi connectivity index (χ0v) is 14.7. The number of rotatable bonds is 7. The Morgan fingerprint density at radius 3 is 2.73 bits per heavy atom. The molecule has 0 amide bonds. The molecule has 0 unspecified atom stereocenters. The molecule has 10 heteroatoms. The minimum absolute atomic E-state index is 0.0104. The molecule has 1 atom stereocenters. The highest BCUT2D eigenvalue weighted by Crippen LogP contribution is 2.29. The first-order valence-electron chi connectivity index (χ1n) is 8.18. The van der Waals surface area contributed by atoms with Crippen molar-refractivity contribution in [1.82, 2.24) is 9.97 Å². The fraction of sp³-hybridized carbons (Fsp3) is 0.375. The summed E-state index contributed by atoms with van der Waals surface area (Å²) < 4.78 is 5.52. The van der Waals surface area contributed by atoms with Crippen LogP contribution in [0, 0.1) is 10.1 Å². The molecule has 1 fully saturated rings. The zero-order chi connectivity index (χ0) is 18.5. The summed E-state index contributed by atoms with van der Waals surface area (Å²) in [6, 6.07) is 7.28. The first-order valence-corrected chi connectivity index (χ1v) is 8.56. The van der Waals surface area contributed by atoms with Crippen LogP contribution in [0.25, 0.3) is 0 Å². The summed E-state index contributed by atoms with van der Waals surface area (Å²) in [5.74, 6) is 0.0907. The van der Waals surface area contributed by atoms with Gasteiger partial charge in [-0.15, -0.1) is 0 Å². The molecule has 9 nitrogen and oxygen atoms in total. The number of nitrogens with one attached hydrogen (secondary N) is 2. The predicted octanol–water partition coefficient (Wildman–Crippen LogP) is 2.82. The largest absolute Gasteiger partial charge is 0.378 e. The van der Waals surface area contributed by atoms with Crippen LogP contribution in [0.1, 0.15) is 18.4 Å².